The summed E-state index contributed by atoms with van der Waals surface area (Å²) in [4.78, 5) is 0. The van der Waals surface area contributed by atoms with Crippen LogP contribution < -0.4 is 28.7 Å². The van der Waals surface area contributed by atoms with Gasteiger partial charge in [-0.2, -0.15) is 23.5 Å². The van der Waals surface area contributed by atoms with Crippen molar-refractivity contribution in [3.05, 3.63) is 0 Å². The van der Waals surface area contributed by atoms with Crippen molar-refractivity contribution in [2.75, 3.05) is 29.6 Å². The molecule has 0 amide bonds. The number of thioether (sulfide) groups is 2. The predicted molar refractivity (Wildman–Crippen MR) is 224 cm³/mol. The first-order valence-electron chi connectivity index (χ1n) is 21.7. The van der Waals surface area contributed by atoms with Gasteiger partial charge in [0.2, 0.25) is 0 Å². The van der Waals surface area contributed by atoms with Crippen LogP contribution in [0.1, 0.15) is 97.3 Å². The number of hydrogen-bond donors (Lipinski definition) is 11. The molecule has 3 heterocycles. The lowest BCUT2D eigenvalue weighted by Gasteiger charge is -2.47. The molecule has 4 rings (SSSR count). The topological polar surface area (TPSA) is 307 Å². The van der Waals surface area contributed by atoms with Crippen LogP contribution in [-0.2, 0) is 28.4 Å². The van der Waals surface area contributed by atoms with Gasteiger partial charge >= 0.3 is 0 Å². The van der Waals surface area contributed by atoms with Crippen LogP contribution in [0, 0.1) is 0 Å². The van der Waals surface area contributed by atoms with Crippen LogP contribution in [0.2, 0.25) is 0 Å². The van der Waals surface area contributed by atoms with Gasteiger partial charge in [-0.05, 0) is 30.8 Å². The van der Waals surface area contributed by atoms with Gasteiger partial charge in [0, 0.05) is 30.1 Å². The van der Waals surface area contributed by atoms with E-state index in [1.807, 2.05) is 0 Å². The lowest BCUT2D eigenvalue weighted by Crippen LogP contribution is -2.68. The van der Waals surface area contributed by atoms with E-state index in [1.165, 1.54) is 44.9 Å². The zero-order valence-electron chi connectivity index (χ0n) is 34.5. The summed E-state index contributed by atoms with van der Waals surface area (Å²) >= 11 is 3.25. The van der Waals surface area contributed by atoms with Gasteiger partial charge in [-0.3, -0.25) is 0 Å². The number of nitrogens with two attached hydrogens (primary N) is 5. The van der Waals surface area contributed by atoms with E-state index in [0.29, 0.717) is 11.5 Å². The fourth-order valence-corrected chi connectivity index (χ4v) is 10.2. The van der Waals surface area contributed by atoms with Crippen molar-refractivity contribution >= 4 is 23.5 Å². The van der Waals surface area contributed by atoms with E-state index >= 15 is 0 Å². The number of rotatable bonds is 25. The predicted octanol–water partition coefficient (Wildman–Crippen LogP) is -0.659. The average Bonchev–Trinajstić information content (AvgIpc) is 3.49. The van der Waals surface area contributed by atoms with E-state index in [9.17, 15) is 30.6 Å². The van der Waals surface area contributed by atoms with Crippen LogP contribution in [0.3, 0.4) is 0 Å². The molecule has 58 heavy (non-hydrogen) atoms. The molecular formula is C39H77N5O12S2. The summed E-state index contributed by atoms with van der Waals surface area (Å²) < 4.78 is 37.3. The molecule has 0 aromatic carbocycles. The molecule has 0 aromatic heterocycles. The van der Waals surface area contributed by atoms with Crippen molar-refractivity contribution < 1.29 is 59.1 Å². The van der Waals surface area contributed by atoms with E-state index in [4.69, 9.17) is 57.1 Å². The fourth-order valence-electron chi connectivity index (χ4n) is 8.04. The molecule has 1 saturated carbocycles. The normalized spacial score (nSPS) is 42.3. The third kappa shape index (κ3) is 14.0. The summed E-state index contributed by atoms with van der Waals surface area (Å²) in [5.74, 6) is 2.53. The standard InChI is InChI=1S/C39H77N5O12S2/c1-3-5-7-9-11-13-15-57-19-24-30(47)32(49)27(44)38(52-24)54-34-22(42)17-21(41)28(45)36(34)56-39-33(50)35(25(53-39)20-58-16-14-12-10-8-6-4-2)55-37-26(43)31(48)29(46)23(18-40)51-37/h21-39,45-50H,3-20,40-44H2,1-2H3/t21-,22+,23+,24-,25-,26-,27-,28+,29-,30-,31-,32-,33-,34-,35-,36-,37-,38-,39+/m1/s1. The van der Waals surface area contributed by atoms with Crippen LogP contribution in [0.15, 0.2) is 0 Å². The molecule has 0 bridgehead atoms. The maximum Gasteiger partial charge on any atom is 0.187 e. The summed E-state index contributed by atoms with van der Waals surface area (Å²) in [5.41, 5.74) is 31.3. The van der Waals surface area contributed by atoms with Gasteiger partial charge in [-0.15, -0.1) is 0 Å². The number of aliphatic hydroxyl groups is 6. The Balaban J connectivity index is 1.45. The SMILES string of the molecule is CCCCCCCCSC[C@H]1O[C@H](O[C@H]2[C@H](O[C@@H]3O[C@H](CSCCCCCCCC)[C@@H](O[C@H]4O[C@@H](CN)[C@@H](O)[C@H](O)[C@H]4N)[C@H]3O)[C@@H](O)[C@H](N)C[C@@H]2N)[C@H](N)[C@@H](O)[C@@H]1O. The third-order valence-electron chi connectivity index (χ3n) is 11.8. The Hall–Kier alpha value is 0.0200. The molecule has 16 N–H and O–H groups in total. The zero-order valence-corrected chi connectivity index (χ0v) is 36.2. The first-order valence-corrected chi connectivity index (χ1v) is 24.0. The Morgan fingerprint density at radius 2 is 0.931 bits per heavy atom. The molecule has 3 saturated heterocycles. The van der Waals surface area contributed by atoms with Gasteiger partial charge in [-0.1, -0.05) is 78.1 Å². The Bertz CT molecular complexity index is 1130. The maximum absolute atomic E-state index is 11.8. The Labute approximate surface area is 353 Å². The zero-order chi connectivity index (χ0) is 42.4. The van der Waals surface area contributed by atoms with Crippen LogP contribution in [0.25, 0.3) is 0 Å². The summed E-state index contributed by atoms with van der Waals surface area (Å²) in [7, 11) is 0. The van der Waals surface area contributed by atoms with Gasteiger partial charge in [0.1, 0.15) is 54.9 Å². The Morgan fingerprint density at radius 1 is 0.483 bits per heavy atom. The van der Waals surface area contributed by atoms with E-state index in [1.54, 1.807) is 23.5 Å². The number of unbranched alkanes of at least 4 members (excludes halogenated alkanes) is 10. The smallest absolute Gasteiger partial charge is 0.187 e. The van der Waals surface area contributed by atoms with Gasteiger partial charge in [-0.25, -0.2) is 0 Å². The molecule has 19 atom stereocenters. The van der Waals surface area contributed by atoms with Gasteiger partial charge < -0.3 is 87.7 Å². The van der Waals surface area contributed by atoms with E-state index < -0.39 is 116 Å². The molecule has 0 radical (unpaired) electrons. The molecule has 19 heteroatoms. The second-order valence-electron chi connectivity index (χ2n) is 16.5. The summed E-state index contributed by atoms with van der Waals surface area (Å²) in [6, 6.07) is -3.92. The molecule has 342 valence electrons. The minimum Gasteiger partial charge on any atom is -0.389 e. The Kier molecular flexibility index (Phi) is 22.7. The second-order valence-corrected chi connectivity index (χ2v) is 18.8. The first kappa shape index (κ1) is 50.7. The summed E-state index contributed by atoms with van der Waals surface area (Å²) in [6.07, 6.45) is -3.82. The molecule has 4 fully saturated rings. The highest BCUT2D eigenvalue weighted by Gasteiger charge is 2.54. The third-order valence-corrected chi connectivity index (χ3v) is 14.1. The fraction of sp³-hybridized carbons (Fsp3) is 1.00. The van der Waals surface area contributed by atoms with Crippen molar-refractivity contribution in [3.8, 4) is 0 Å². The maximum atomic E-state index is 11.8. The quantitative estimate of drug-likeness (QED) is 0.0508. The van der Waals surface area contributed by atoms with Gasteiger partial charge in [0.05, 0.1) is 30.4 Å². The lowest BCUT2D eigenvalue weighted by molar-refractivity contribution is -0.305. The largest absolute Gasteiger partial charge is 0.389 e. The average molecular weight is 872 g/mol. The molecule has 0 spiro atoms. The molecule has 3 aliphatic heterocycles. The van der Waals surface area contributed by atoms with Crippen LogP contribution in [0.5, 0.6) is 0 Å². The molecule has 17 nitrogen and oxygen atoms in total. The first-order chi connectivity index (χ1) is 27.8. The highest BCUT2D eigenvalue weighted by Crippen LogP contribution is 2.36. The van der Waals surface area contributed by atoms with Crippen molar-refractivity contribution in [3.63, 3.8) is 0 Å². The van der Waals surface area contributed by atoms with Crippen molar-refractivity contribution in [2.24, 2.45) is 28.7 Å². The summed E-state index contributed by atoms with van der Waals surface area (Å²) in [5, 5.41) is 66.1. The Morgan fingerprint density at radius 3 is 1.48 bits per heavy atom. The highest BCUT2D eigenvalue weighted by atomic mass is 32.2. The molecular weight excluding hydrogens is 795 g/mol. The van der Waals surface area contributed by atoms with Gasteiger partial charge in [0.25, 0.3) is 0 Å². The minimum absolute atomic E-state index is 0.109. The van der Waals surface area contributed by atoms with Crippen molar-refractivity contribution in [2.45, 2.75) is 214 Å². The summed E-state index contributed by atoms with van der Waals surface area (Å²) in [6.45, 7) is 4.26. The number of hydrogen-bond acceptors (Lipinski definition) is 19. The monoisotopic (exact) mass is 872 g/mol. The molecule has 0 aromatic rings. The highest BCUT2D eigenvalue weighted by molar-refractivity contribution is 7.99. The van der Waals surface area contributed by atoms with E-state index in [2.05, 4.69) is 13.8 Å². The number of aliphatic hydroxyl groups excluding tert-OH is 6. The molecule has 4 aliphatic rings. The van der Waals surface area contributed by atoms with Crippen LogP contribution in [-0.4, -0.2) is 176 Å². The van der Waals surface area contributed by atoms with Crippen LogP contribution in [0.4, 0.5) is 0 Å². The molecule has 0 unspecified atom stereocenters. The van der Waals surface area contributed by atoms with Crippen LogP contribution >= 0.6 is 23.5 Å². The second kappa shape index (κ2) is 26.0. The lowest BCUT2D eigenvalue weighted by atomic mass is 9.84. The van der Waals surface area contributed by atoms with Crippen molar-refractivity contribution in [1.82, 2.24) is 0 Å². The van der Waals surface area contributed by atoms with E-state index in [0.717, 1.165) is 43.6 Å². The van der Waals surface area contributed by atoms with Crippen molar-refractivity contribution in [1.29, 1.82) is 0 Å². The molecule has 1 aliphatic carbocycles. The van der Waals surface area contributed by atoms with Gasteiger partial charge in [0.15, 0.2) is 18.9 Å². The minimum atomic E-state index is -1.45. The number of ether oxygens (including phenoxy) is 6. The van der Waals surface area contributed by atoms with E-state index in [-0.39, 0.29) is 13.0 Å².